The van der Waals surface area contributed by atoms with Crippen molar-refractivity contribution >= 4 is 11.8 Å². The molecule has 0 amide bonds. The second kappa shape index (κ2) is 6.96. The molecule has 0 spiro atoms. The fourth-order valence-corrected chi connectivity index (χ4v) is 3.95. The number of halogens is 1. The van der Waals surface area contributed by atoms with Gasteiger partial charge in [0.15, 0.2) is 0 Å². The molecule has 2 aromatic rings. The van der Waals surface area contributed by atoms with Crippen LogP contribution in [0.2, 0.25) is 0 Å². The topological polar surface area (TPSA) is 67.1 Å². The van der Waals surface area contributed by atoms with Gasteiger partial charge in [-0.3, -0.25) is 0 Å². The number of rotatable bonds is 2. The van der Waals surface area contributed by atoms with Crippen LogP contribution in [-0.2, 0) is 12.8 Å². The Bertz CT molecular complexity index is 738. The molecule has 1 saturated heterocycles. The Hall–Kier alpha value is -2.21. The highest BCUT2D eigenvalue weighted by Gasteiger charge is 2.27. The van der Waals surface area contributed by atoms with Gasteiger partial charge in [-0.1, -0.05) is 12.1 Å². The third-order valence-electron chi connectivity index (χ3n) is 5.25. The minimum absolute atomic E-state index is 0.191. The van der Waals surface area contributed by atoms with Crippen LogP contribution < -0.4 is 16.0 Å². The van der Waals surface area contributed by atoms with E-state index >= 15 is 0 Å². The zero-order chi connectivity index (χ0) is 17.2. The lowest BCUT2D eigenvalue weighted by molar-refractivity contribution is 0.565. The maximum Gasteiger partial charge on any atom is 0.222 e. The molecule has 1 aliphatic heterocycles. The summed E-state index contributed by atoms with van der Waals surface area (Å²) in [5, 5.41) is 3.43. The van der Waals surface area contributed by atoms with E-state index in [1.165, 1.54) is 23.3 Å². The van der Waals surface area contributed by atoms with E-state index in [0.29, 0.717) is 11.9 Å². The van der Waals surface area contributed by atoms with Crippen molar-refractivity contribution in [3.05, 3.63) is 46.9 Å². The summed E-state index contributed by atoms with van der Waals surface area (Å²) in [6, 6.07) is 6.84. The summed E-state index contributed by atoms with van der Waals surface area (Å²) < 4.78 is 13.2. The molecule has 3 N–H and O–H groups in total. The van der Waals surface area contributed by atoms with E-state index in [-0.39, 0.29) is 5.82 Å². The van der Waals surface area contributed by atoms with E-state index in [9.17, 15) is 4.39 Å². The van der Waals surface area contributed by atoms with E-state index in [0.717, 1.165) is 63.4 Å². The number of nitrogen functional groups attached to an aromatic ring is 1. The Morgan fingerprint density at radius 1 is 1.12 bits per heavy atom. The summed E-state index contributed by atoms with van der Waals surface area (Å²) in [6.07, 6.45) is 3.92. The SMILES string of the molecule is Nc1nc2c(c(N3CCCNCC3)n1)CCC(c1ccc(F)cc1)C2. The lowest BCUT2D eigenvalue weighted by Gasteiger charge is -2.30. The van der Waals surface area contributed by atoms with Crippen molar-refractivity contribution in [2.45, 2.75) is 31.6 Å². The lowest BCUT2D eigenvalue weighted by atomic mass is 9.82. The molecule has 1 aromatic heterocycles. The van der Waals surface area contributed by atoms with Crippen molar-refractivity contribution in [3.63, 3.8) is 0 Å². The van der Waals surface area contributed by atoms with Crippen LogP contribution in [0.25, 0.3) is 0 Å². The molecular formula is C19H24FN5. The smallest absolute Gasteiger partial charge is 0.222 e. The standard InChI is InChI=1S/C19H24FN5/c20-15-5-2-13(3-6-15)14-4-7-16-17(12-14)23-19(21)24-18(16)25-10-1-8-22-9-11-25/h2-3,5-6,14,22H,1,4,7-12H2,(H2,21,23,24). The van der Waals surface area contributed by atoms with Crippen LogP contribution in [0.5, 0.6) is 0 Å². The van der Waals surface area contributed by atoms with Crippen molar-refractivity contribution in [2.75, 3.05) is 36.8 Å². The number of nitrogens with one attached hydrogen (secondary N) is 1. The minimum atomic E-state index is -0.191. The average molecular weight is 341 g/mol. The molecule has 1 aromatic carbocycles. The van der Waals surface area contributed by atoms with Crippen LogP contribution in [-0.4, -0.2) is 36.1 Å². The molecular weight excluding hydrogens is 317 g/mol. The molecule has 2 heterocycles. The molecule has 1 aliphatic carbocycles. The van der Waals surface area contributed by atoms with Gasteiger partial charge in [-0.2, -0.15) is 4.98 Å². The maximum atomic E-state index is 13.2. The first-order chi connectivity index (χ1) is 12.2. The second-order valence-corrected chi connectivity index (χ2v) is 6.91. The Morgan fingerprint density at radius 3 is 2.80 bits per heavy atom. The number of nitrogens with zero attached hydrogens (tertiary/aromatic N) is 3. The van der Waals surface area contributed by atoms with Gasteiger partial charge in [0, 0.05) is 25.2 Å². The molecule has 0 radical (unpaired) electrons. The number of aromatic nitrogens is 2. The first-order valence-electron chi connectivity index (χ1n) is 9.07. The zero-order valence-electron chi connectivity index (χ0n) is 14.3. The van der Waals surface area contributed by atoms with Crippen molar-refractivity contribution < 1.29 is 4.39 Å². The van der Waals surface area contributed by atoms with Gasteiger partial charge >= 0.3 is 0 Å². The molecule has 4 rings (SSSR count). The molecule has 1 unspecified atom stereocenters. The fraction of sp³-hybridized carbons (Fsp3) is 0.474. The van der Waals surface area contributed by atoms with Crippen LogP contribution in [0.3, 0.4) is 0 Å². The van der Waals surface area contributed by atoms with Crippen LogP contribution in [0.4, 0.5) is 16.2 Å². The number of fused-ring (bicyclic) bond motifs is 1. The van der Waals surface area contributed by atoms with Gasteiger partial charge < -0.3 is 16.0 Å². The van der Waals surface area contributed by atoms with Crippen molar-refractivity contribution in [1.29, 1.82) is 0 Å². The third kappa shape index (κ3) is 3.44. The minimum Gasteiger partial charge on any atom is -0.368 e. The first kappa shape index (κ1) is 16.3. The van der Waals surface area contributed by atoms with E-state index in [1.807, 2.05) is 12.1 Å². The Kier molecular flexibility index (Phi) is 4.53. The number of benzene rings is 1. The summed E-state index contributed by atoms with van der Waals surface area (Å²) >= 11 is 0. The van der Waals surface area contributed by atoms with Gasteiger partial charge in [0.1, 0.15) is 11.6 Å². The summed E-state index contributed by atoms with van der Waals surface area (Å²) in [6.45, 7) is 3.96. The fourth-order valence-electron chi connectivity index (χ4n) is 3.95. The van der Waals surface area contributed by atoms with Crippen molar-refractivity contribution in [3.8, 4) is 0 Å². The summed E-state index contributed by atoms with van der Waals surface area (Å²) in [7, 11) is 0. The van der Waals surface area contributed by atoms with Crippen LogP contribution in [0.1, 0.15) is 35.6 Å². The van der Waals surface area contributed by atoms with Gasteiger partial charge in [-0.15, -0.1) is 0 Å². The Balaban J connectivity index is 1.63. The summed E-state index contributed by atoms with van der Waals surface area (Å²) in [4.78, 5) is 11.5. The van der Waals surface area contributed by atoms with E-state index in [1.54, 1.807) is 0 Å². The molecule has 0 bridgehead atoms. The molecule has 0 saturated carbocycles. The lowest BCUT2D eigenvalue weighted by Crippen LogP contribution is -2.31. The number of hydrogen-bond acceptors (Lipinski definition) is 5. The quantitative estimate of drug-likeness (QED) is 0.877. The van der Waals surface area contributed by atoms with Gasteiger partial charge in [0.25, 0.3) is 0 Å². The van der Waals surface area contributed by atoms with E-state index < -0.39 is 0 Å². The molecule has 1 fully saturated rings. The first-order valence-corrected chi connectivity index (χ1v) is 9.07. The predicted molar refractivity (Wildman–Crippen MR) is 97.3 cm³/mol. The molecule has 132 valence electrons. The van der Waals surface area contributed by atoms with E-state index in [2.05, 4.69) is 20.2 Å². The van der Waals surface area contributed by atoms with Crippen LogP contribution >= 0.6 is 0 Å². The average Bonchev–Trinajstić information content (AvgIpc) is 2.90. The highest BCUT2D eigenvalue weighted by Crippen LogP contribution is 2.36. The number of nitrogens with two attached hydrogens (primary N) is 1. The highest BCUT2D eigenvalue weighted by atomic mass is 19.1. The van der Waals surface area contributed by atoms with Gasteiger partial charge in [0.2, 0.25) is 5.95 Å². The Labute approximate surface area is 147 Å². The van der Waals surface area contributed by atoms with E-state index in [4.69, 9.17) is 5.73 Å². The molecule has 1 atom stereocenters. The van der Waals surface area contributed by atoms with Crippen LogP contribution in [0.15, 0.2) is 24.3 Å². The second-order valence-electron chi connectivity index (χ2n) is 6.91. The van der Waals surface area contributed by atoms with Gasteiger partial charge in [-0.25, -0.2) is 9.37 Å². The molecule has 6 heteroatoms. The summed E-state index contributed by atoms with van der Waals surface area (Å²) in [5.74, 6) is 1.54. The van der Waals surface area contributed by atoms with Gasteiger partial charge in [-0.05, 0) is 55.8 Å². The number of hydrogen-bond donors (Lipinski definition) is 2. The monoisotopic (exact) mass is 341 g/mol. The van der Waals surface area contributed by atoms with Gasteiger partial charge in [0.05, 0.1) is 5.69 Å². The molecule has 25 heavy (non-hydrogen) atoms. The summed E-state index contributed by atoms with van der Waals surface area (Å²) in [5.41, 5.74) is 9.49. The zero-order valence-corrected chi connectivity index (χ0v) is 14.3. The normalized spacial score (nSPS) is 20.8. The largest absolute Gasteiger partial charge is 0.368 e. The Morgan fingerprint density at radius 2 is 1.96 bits per heavy atom. The third-order valence-corrected chi connectivity index (χ3v) is 5.25. The van der Waals surface area contributed by atoms with Crippen molar-refractivity contribution in [2.24, 2.45) is 0 Å². The molecule has 2 aliphatic rings. The highest BCUT2D eigenvalue weighted by molar-refractivity contribution is 5.53. The maximum absolute atomic E-state index is 13.2. The predicted octanol–water partition coefficient (Wildman–Crippen LogP) is 2.27. The number of anilines is 2. The van der Waals surface area contributed by atoms with Crippen molar-refractivity contribution in [1.82, 2.24) is 15.3 Å². The molecule has 5 nitrogen and oxygen atoms in total. The van der Waals surface area contributed by atoms with Crippen LogP contribution in [0, 0.1) is 5.82 Å².